The molecule has 0 saturated carbocycles. The van der Waals surface area contributed by atoms with Crippen LogP contribution in [0.1, 0.15) is 92.4 Å². The number of aliphatic carboxylic acids is 1. The maximum absolute atomic E-state index is 12.4. The van der Waals surface area contributed by atoms with Crippen molar-refractivity contribution >= 4 is 5.97 Å². The van der Waals surface area contributed by atoms with Gasteiger partial charge in [0.1, 0.15) is 5.41 Å². The lowest BCUT2D eigenvalue weighted by atomic mass is 9.75. The van der Waals surface area contributed by atoms with E-state index in [9.17, 15) is 9.90 Å². The van der Waals surface area contributed by atoms with Crippen LogP contribution in [0.2, 0.25) is 0 Å². The Balaban J connectivity index is 5.45. The Bertz CT molecular complexity index is 328. The minimum Gasteiger partial charge on any atom is -0.481 e. The molecule has 1 unspecified atom stereocenters. The molecule has 0 aromatic carbocycles. The first kappa shape index (κ1) is 24.4. The van der Waals surface area contributed by atoms with E-state index in [1.54, 1.807) is 0 Å². The topological polar surface area (TPSA) is 65.0 Å². The number of carboxylic acid groups (broad SMARTS) is 1. The Morgan fingerprint density at radius 3 is 1.60 bits per heavy atom. The second-order valence-corrected chi connectivity index (χ2v) is 6.51. The fourth-order valence-corrected chi connectivity index (χ4v) is 3.52. The first-order chi connectivity index (χ1) is 12.0. The summed E-state index contributed by atoms with van der Waals surface area (Å²) < 4.78 is 17.6. The molecule has 0 spiro atoms. The Labute approximate surface area is 154 Å². The number of carboxylic acids is 1. The zero-order valence-electron chi connectivity index (χ0n) is 17.1. The van der Waals surface area contributed by atoms with Crippen LogP contribution in [0.5, 0.6) is 0 Å². The van der Waals surface area contributed by atoms with E-state index in [-0.39, 0.29) is 0 Å². The van der Waals surface area contributed by atoms with Gasteiger partial charge in [0.2, 0.25) is 0 Å². The summed E-state index contributed by atoms with van der Waals surface area (Å²) in [6.07, 6.45) is 8.36. The quantitative estimate of drug-likeness (QED) is 0.279. The predicted molar refractivity (Wildman–Crippen MR) is 101 cm³/mol. The predicted octanol–water partition coefficient (Wildman–Crippen LogP) is 5.37. The van der Waals surface area contributed by atoms with Gasteiger partial charge in [0.05, 0.1) is 0 Å². The van der Waals surface area contributed by atoms with Crippen LogP contribution in [0.4, 0.5) is 0 Å². The van der Waals surface area contributed by atoms with Gasteiger partial charge in [-0.05, 0) is 33.6 Å². The van der Waals surface area contributed by atoms with Crippen LogP contribution >= 0.6 is 0 Å². The maximum atomic E-state index is 12.4. The van der Waals surface area contributed by atoms with Gasteiger partial charge in [-0.1, -0.05) is 58.8 Å². The van der Waals surface area contributed by atoms with Crippen LogP contribution in [0, 0.1) is 5.41 Å². The third kappa shape index (κ3) is 6.87. The highest BCUT2D eigenvalue weighted by Gasteiger charge is 2.59. The Morgan fingerprint density at radius 1 is 0.720 bits per heavy atom. The second-order valence-electron chi connectivity index (χ2n) is 6.51. The highest BCUT2D eigenvalue weighted by molar-refractivity contribution is 5.75. The minimum absolute atomic E-state index is 0.343. The van der Waals surface area contributed by atoms with Crippen LogP contribution < -0.4 is 0 Å². The third-order valence-electron chi connectivity index (χ3n) is 4.63. The average Bonchev–Trinajstić information content (AvgIpc) is 2.57. The summed E-state index contributed by atoms with van der Waals surface area (Å²) in [5.74, 6) is -2.41. The molecular formula is C20H40O5. The first-order valence-electron chi connectivity index (χ1n) is 10.1. The van der Waals surface area contributed by atoms with Crippen molar-refractivity contribution in [2.24, 2.45) is 5.41 Å². The van der Waals surface area contributed by atoms with Gasteiger partial charge < -0.3 is 19.3 Å². The molecule has 0 bridgehead atoms. The summed E-state index contributed by atoms with van der Waals surface area (Å²) in [4.78, 5) is 12.4. The van der Waals surface area contributed by atoms with Crippen LogP contribution in [-0.2, 0) is 19.0 Å². The molecule has 0 aliphatic heterocycles. The van der Waals surface area contributed by atoms with E-state index in [0.717, 1.165) is 25.7 Å². The standard InChI is InChI=1S/C20H40O5/c1-6-11-12-13-14-15-17-19(16-7-2,18(21)22)20(23-8-3,24-9-4)25-10-5/h6-17H2,1-5H3,(H,21,22). The SMILES string of the molecule is CCCCCCCCC(CCC)(C(=O)O)C(OCC)(OCC)OCC. The molecule has 0 aliphatic carbocycles. The number of hydrogen-bond acceptors (Lipinski definition) is 4. The third-order valence-corrected chi connectivity index (χ3v) is 4.63. The summed E-state index contributed by atoms with van der Waals surface area (Å²) >= 11 is 0. The molecule has 1 N–H and O–H groups in total. The van der Waals surface area contributed by atoms with Gasteiger partial charge in [0.15, 0.2) is 0 Å². The zero-order valence-corrected chi connectivity index (χ0v) is 17.1. The van der Waals surface area contributed by atoms with Crippen molar-refractivity contribution in [3.8, 4) is 0 Å². The van der Waals surface area contributed by atoms with Crippen molar-refractivity contribution in [3.63, 3.8) is 0 Å². The fourth-order valence-electron chi connectivity index (χ4n) is 3.52. The minimum atomic E-state index is -1.52. The second kappa shape index (κ2) is 13.5. The maximum Gasteiger partial charge on any atom is 0.317 e. The number of rotatable bonds is 17. The summed E-state index contributed by atoms with van der Waals surface area (Å²) in [6.45, 7) is 10.7. The monoisotopic (exact) mass is 360 g/mol. The first-order valence-corrected chi connectivity index (χ1v) is 10.1. The summed E-state index contributed by atoms with van der Waals surface area (Å²) in [6, 6.07) is 0. The number of hydrogen-bond donors (Lipinski definition) is 1. The molecule has 25 heavy (non-hydrogen) atoms. The summed E-state index contributed by atoms with van der Waals surface area (Å²) in [7, 11) is 0. The Hall–Kier alpha value is -0.650. The van der Waals surface area contributed by atoms with Gasteiger partial charge in [-0.25, -0.2) is 0 Å². The lowest BCUT2D eigenvalue weighted by Gasteiger charge is -2.45. The van der Waals surface area contributed by atoms with E-state index in [1.807, 2.05) is 27.7 Å². The van der Waals surface area contributed by atoms with Crippen LogP contribution in [-0.4, -0.2) is 36.9 Å². The van der Waals surface area contributed by atoms with E-state index >= 15 is 0 Å². The van der Waals surface area contributed by atoms with Crippen molar-refractivity contribution in [3.05, 3.63) is 0 Å². The van der Waals surface area contributed by atoms with Gasteiger partial charge in [-0.2, -0.15) is 0 Å². The van der Waals surface area contributed by atoms with E-state index < -0.39 is 17.4 Å². The molecular weight excluding hydrogens is 320 g/mol. The molecule has 5 nitrogen and oxygen atoms in total. The van der Waals surface area contributed by atoms with E-state index in [1.165, 1.54) is 19.3 Å². The van der Waals surface area contributed by atoms with Crippen LogP contribution in [0.3, 0.4) is 0 Å². The van der Waals surface area contributed by atoms with Crippen molar-refractivity contribution < 1.29 is 24.1 Å². The molecule has 0 radical (unpaired) electrons. The normalized spacial score (nSPS) is 14.4. The van der Waals surface area contributed by atoms with E-state index in [2.05, 4.69) is 6.92 Å². The molecule has 0 fully saturated rings. The highest BCUT2D eigenvalue weighted by Crippen LogP contribution is 2.46. The van der Waals surface area contributed by atoms with Crippen LogP contribution in [0.25, 0.3) is 0 Å². The van der Waals surface area contributed by atoms with Crippen LogP contribution in [0.15, 0.2) is 0 Å². The van der Waals surface area contributed by atoms with E-state index in [4.69, 9.17) is 14.2 Å². The molecule has 0 rings (SSSR count). The molecule has 0 aliphatic rings. The van der Waals surface area contributed by atoms with Gasteiger partial charge in [0, 0.05) is 19.8 Å². The van der Waals surface area contributed by atoms with Gasteiger partial charge in [-0.15, -0.1) is 0 Å². The van der Waals surface area contributed by atoms with Gasteiger partial charge >= 0.3 is 5.97 Å². The number of ether oxygens (including phenoxy) is 3. The molecule has 1 atom stereocenters. The van der Waals surface area contributed by atoms with Crippen molar-refractivity contribution in [1.82, 2.24) is 0 Å². The van der Waals surface area contributed by atoms with Gasteiger partial charge in [0.25, 0.3) is 5.97 Å². The smallest absolute Gasteiger partial charge is 0.317 e. The van der Waals surface area contributed by atoms with Crippen molar-refractivity contribution in [2.45, 2.75) is 98.4 Å². The molecule has 0 aromatic rings. The molecule has 5 heteroatoms. The number of unbranched alkanes of at least 4 members (excludes halogenated alkanes) is 5. The fraction of sp³-hybridized carbons (Fsp3) is 0.950. The summed E-state index contributed by atoms with van der Waals surface area (Å²) in [5, 5.41) is 10.2. The molecule has 0 aromatic heterocycles. The molecule has 150 valence electrons. The number of carbonyl (C=O) groups is 1. The Morgan fingerprint density at radius 2 is 1.20 bits per heavy atom. The summed E-state index contributed by atoms with van der Waals surface area (Å²) in [5.41, 5.74) is -1.19. The lowest BCUT2D eigenvalue weighted by molar-refractivity contribution is -0.423. The van der Waals surface area contributed by atoms with Crippen molar-refractivity contribution in [2.75, 3.05) is 19.8 Å². The van der Waals surface area contributed by atoms with E-state index in [0.29, 0.717) is 32.7 Å². The molecule has 0 amide bonds. The Kier molecular flexibility index (Phi) is 13.2. The zero-order chi connectivity index (χ0) is 19.2. The van der Waals surface area contributed by atoms with Gasteiger partial charge in [-0.3, -0.25) is 4.79 Å². The average molecular weight is 361 g/mol. The molecule has 0 saturated heterocycles. The van der Waals surface area contributed by atoms with Crippen molar-refractivity contribution in [1.29, 1.82) is 0 Å². The molecule has 0 heterocycles. The highest BCUT2D eigenvalue weighted by atomic mass is 16.9. The largest absolute Gasteiger partial charge is 0.481 e. The lowest BCUT2D eigenvalue weighted by Crippen LogP contribution is -2.58.